The molecule has 0 aliphatic heterocycles. The van der Waals surface area contributed by atoms with Gasteiger partial charge in [-0.2, -0.15) is 0 Å². The standard InChI is InChI=1S/C54H86N4O3Si2/c1-9-13-15-17-19-25-35-59-49-41-55-53(56-42-49)47-31-33-51(45(39-47)29-23-21-27-37-62(5,6)11-3)61-52-34-32-48(40-46(52)30-24-22-28-38-63(7,8)12-4)54-57-43-50(44-58-54)60-36-26-20-18-16-14-10-2/h31-34,39-44H,9-30,35-38H2,1-8H3. The third-order valence-electron chi connectivity index (χ3n) is 13.2. The zero-order chi connectivity index (χ0) is 45.2. The average Bonchev–Trinajstić information content (AvgIpc) is 3.29. The van der Waals surface area contributed by atoms with Crippen LogP contribution in [0.1, 0.15) is 154 Å². The molecule has 0 fully saturated rings. The van der Waals surface area contributed by atoms with Crippen molar-refractivity contribution in [3.8, 4) is 45.8 Å². The third-order valence-corrected chi connectivity index (χ3v) is 20.4. The molecule has 2 aromatic carbocycles. The highest BCUT2D eigenvalue weighted by atomic mass is 28.3. The molecule has 0 bridgehead atoms. The van der Waals surface area contributed by atoms with E-state index < -0.39 is 16.1 Å². The lowest BCUT2D eigenvalue weighted by Crippen LogP contribution is -2.22. The van der Waals surface area contributed by atoms with Gasteiger partial charge in [0.25, 0.3) is 0 Å². The van der Waals surface area contributed by atoms with Crippen LogP contribution in [0, 0.1) is 0 Å². The molecule has 4 rings (SSSR count). The molecule has 0 N–H and O–H groups in total. The molecule has 0 amide bonds. The van der Waals surface area contributed by atoms with E-state index in [1.54, 1.807) is 0 Å². The first-order chi connectivity index (χ1) is 30.6. The normalized spacial score (nSPS) is 11.9. The van der Waals surface area contributed by atoms with Gasteiger partial charge in [0, 0.05) is 27.3 Å². The smallest absolute Gasteiger partial charge is 0.159 e. The van der Waals surface area contributed by atoms with E-state index in [9.17, 15) is 0 Å². The molecule has 2 heterocycles. The minimum atomic E-state index is -1.09. The summed E-state index contributed by atoms with van der Waals surface area (Å²) in [4.78, 5) is 19.0. The molecular formula is C54H86N4O3Si2. The van der Waals surface area contributed by atoms with Crippen LogP contribution in [0.4, 0.5) is 0 Å². The molecule has 0 saturated heterocycles. The summed E-state index contributed by atoms with van der Waals surface area (Å²) in [5, 5.41) is 0. The molecule has 0 saturated carbocycles. The number of rotatable bonds is 34. The molecule has 9 heteroatoms. The Morgan fingerprint density at radius 2 is 0.794 bits per heavy atom. The molecule has 0 atom stereocenters. The molecule has 0 aliphatic carbocycles. The van der Waals surface area contributed by atoms with Crippen LogP contribution in [0.2, 0.25) is 50.4 Å². The van der Waals surface area contributed by atoms with Crippen molar-refractivity contribution < 1.29 is 14.2 Å². The van der Waals surface area contributed by atoms with Crippen LogP contribution in [0.5, 0.6) is 23.0 Å². The van der Waals surface area contributed by atoms with Crippen molar-refractivity contribution in [1.82, 2.24) is 19.9 Å². The Kier molecular flexibility index (Phi) is 24.0. The summed E-state index contributed by atoms with van der Waals surface area (Å²) in [5.74, 6) is 4.71. The van der Waals surface area contributed by atoms with Crippen LogP contribution < -0.4 is 14.2 Å². The van der Waals surface area contributed by atoms with Crippen LogP contribution in [0.15, 0.2) is 61.2 Å². The van der Waals surface area contributed by atoms with Crippen LogP contribution in [0.3, 0.4) is 0 Å². The van der Waals surface area contributed by atoms with Gasteiger partial charge >= 0.3 is 0 Å². The highest BCUT2D eigenvalue weighted by Gasteiger charge is 2.19. The predicted molar refractivity (Wildman–Crippen MR) is 273 cm³/mol. The van der Waals surface area contributed by atoms with E-state index >= 15 is 0 Å². The Morgan fingerprint density at radius 3 is 1.17 bits per heavy atom. The fraction of sp³-hybridized carbons (Fsp3) is 0.630. The molecule has 0 radical (unpaired) electrons. The molecule has 63 heavy (non-hydrogen) atoms. The lowest BCUT2D eigenvalue weighted by Gasteiger charge is -2.20. The van der Waals surface area contributed by atoms with Gasteiger partial charge < -0.3 is 14.2 Å². The van der Waals surface area contributed by atoms with Gasteiger partial charge in [0.2, 0.25) is 0 Å². The summed E-state index contributed by atoms with van der Waals surface area (Å²) in [7, 11) is -2.18. The Morgan fingerprint density at radius 1 is 0.429 bits per heavy atom. The highest BCUT2D eigenvalue weighted by molar-refractivity contribution is 6.77. The van der Waals surface area contributed by atoms with Crippen LogP contribution >= 0.6 is 0 Å². The number of benzene rings is 2. The molecular weight excluding hydrogens is 809 g/mol. The van der Waals surface area contributed by atoms with Crippen molar-refractivity contribution in [2.45, 2.75) is 206 Å². The van der Waals surface area contributed by atoms with Gasteiger partial charge in [-0.05, 0) is 86.1 Å². The first-order valence-corrected chi connectivity index (χ1v) is 32.2. The van der Waals surface area contributed by atoms with Crippen molar-refractivity contribution in [1.29, 1.82) is 0 Å². The number of aryl methyl sites for hydroxylation is 2. The van der Waals surface area contributed by atoms with Gasteiger partial charge in [0.15, 0.2) is 23.1 Å². The zero-order valence-corrected chi connectivity index (χ0v) is 43.2. The first kappa shape index (κ1) is 52.1. The van der Waals surface area contributed by atoms with Crippen molar-refractivity contribution in [2.24, 2.45) is 0 Å². The number of ether oxygens (including phenoxy) is 3. The van der Waals surface area contributed by atoms with E-state index in [1.165, 1.54) is 125 Å². The SMILES string of the molecule is CCCCCCCCOc1cnc(-c2ccc(Oc3ccc(-c4ncc(OCCCCCCCC)cn4)cc3CCCCC[Si](C)(C)CC)c(CCCCC[Si](C)(C)CC)c2)nc1. The maximum Gasteiger partial charge on any atom is 0.159 e. The van der Waals surface area contributed by atoms with Crippen molar-refractivity contribution >= 4 is 16.1 Å². The fourth-order valence-corrected chi connectivity index (χ4v) is 11.0. The lowest BCUT2D eigenvalue weighted by molar-refractivity contribution is 0.302. The van der Waals surface area contributed by atoms with Gasteiger partial charge in [-0.15, -0.1) is 0 Å². The lowest BCUT2D eigenvalue weighted by atomic mass is 10.0. The fourth-order valence-electron chi connectivity index (χ4n) is 7.91. The van der Waals surface area contributed by atoms with E-state index in [-0.39, 0.29) is 0 Å². The average molecular weight is 895 g/mol. The van der Waals surface area contributed by atoms with Crippen molar-refractivity contribution in [3.63, 3.8) is 0 Å². The molecule has 348 valence electrons. The summed E-state index contributed by atoms with van der Waals surface area (Å²) in [6.45, 7) is 20.8. The van der Waals surface area contributed by atoms with Crippen molar-refractivity contribution in [3.05, 3.63) is 72.3 Å². The molecule has 0 unspecified atom stereocenters. The summed E-state index contributed by atoms with van der Waals surface area (Å²) >= 11 is 0. The number of unbranched alkanes of at least 4 members (excludes halogenated alkanes) is 14. The number of hydrogen-bond donors (Lipinski definition) is 0. The summed E-state index contributed by atoms with van der Waals surface area (Å²) < 4.78 is 19.0. The quantitative estimate of drug-likeness (QED) is 0.0341. The monoisotopic (exact) mass is 895 g/mol. The minimum Gasteiger partial charge on any atom is -0.490 e. The Hall–Kier alpha value is -3.57. The van der Waals surface area contributed by atoms with E-state index in [0.29, 0.717) is 24.9 Å². The molecule has 4 aromatic rings. The molecule has 0 aliphatic rings. The Labute approximate surface area is 386 Å². The second-order valence-corrected chi connectivity index (χ2v) is 30.7. The predicted octanol–water partition coefficient (Wildman–Crippen LogP) is 16.8. The molecule has 2 aromatic heterocycles. The maximum absolute atomic E-state index is 6.98. The van der Waals surface area contributed by atoms with E-state index in [0.717, 1.165) is 72.6 Å². The zero-order valence-electron chi connectivity index (χ0n) is 41.2. The number of hydrogen-bond acceptors (Lipinski definition) is 7. The Bertz CT molecular complexity index is 1700. The van der Waals surface area contributed by atoms with Crippen LogP contribution in [-0.4, -0.2) is 49.3 Å². The highest BCUT2D eigenvalue weighted by Crippen LogP contribution is 2.35. The number of nitrogens with zero attached hydrogens (tertiary/aromatic N) is 4. The maximum atomic E-state index is 6.98. The largest absolute Gasteiger partial charge is 0.490 e. The van der Waals surface area contributed by atoms with Crippen LogP contribution in [0.25, 0.3) is 22.8 Å². The van der Waals surface area contributed by atoms with Gasteiger partial charge in [-0.1, -0.05) is 168 Å². The summed E-state index contributed by atoms with van der Waals surface area (Å²) in [6.07, 6.45) is 31.4. The molecule has 7 nitrogen and oxygen atoms in total. The third kappa shape index (κ3) is 20.0. The van der Waals surface area contributed by atoms with Gasteiger partial charge in [0.1, 0.15) is 11.5 Å². The minimum absolute atomic E-state index is 0.706. The van der Waals surface area contributed by atoms with Crippen molar-refractivity contribution in [2.75, 3.05) is 13.2 Å². The van der Waals surface area contributed by atoms with Gasteiger partial charge in [-0.25, -0.2) is 19.9 Å². The summed E-state index contributed by atoms with van der Waals surface area (Å²) in [6, 6.07) is 18.5. The Balaban J connectivity index is 1.52. The second-order valence-electron chi connectivity index (χ2n) is 19.6. The van der Waals surface area contributed by atoms with E-state index in [1.807, 2.05) is 24.8 Å². The molecule has 0 spiro atoms. The topological polar surface area (TPSA) is 79.2 Å². The van der Waals surface area contributed by atoms with E-state index in [4.69, 9.17) is 34.1 Å². The second kappa shape index (κ2) is 29.1. The van der Waals surface area contributed by atoms with E-state index in [2.05, 4.69) is 90.3 Å². The first-order valence-electron chi connectivity index (χ1n) is 25.4. The number of aromatic nitrogens is 4. The summed E-state index contributed by atoms with van der Waals surface area (Å²) in [5.41, 5.74) is 4.41. The van der Waals surface area contributed by atoms with Crippen LogP contribution in [-0.2, 0) is 12.8 Å². The van der Waals surface area contributed by atoms with Gasteiger partial charge in [0.05, 0.1) is 38.0 Å². The van der Waals surface area contributed by atoms with Gasteiger partial charge in [-0.3, -0.25) is 0 Å².